The molecule has 0 radical (unpaired) electrons. The lowest BCUT2D eigenvalue weighted by atomic mass is 9.93. The standard InChI is InChI=1S/C25H25FN4O4/c1-27-24(31)21-6-5-16(15-29-21)12-18-13-19-17(14-22(18)34-11-10-33-2)7-9-30(25(19)32)23-20(26)4-3-8-28-23/h3-6,8,13-15H,7,9-12H2,1-2H3,(H,27,31). The van der Waals surface area contributed by atoms with Crippen LogP contribution in [0.15, 0.2) is 48.8 Å². The summed E-state index contributed by atoms with van der Waals surface area (Å²) in [6.07, 6.45) is 4.07. The summed E-state index contributed by atoms with van der Waals surface area (Å²) in [6, 6.07) is 9.91. The fourth-order valence-corrected chi connectivity index (χ4v) is 3.85. The largest absolute Gasteiger partial charge is 0.491 e. The third-order valence-corrected chi connectivity index (χ3v) is 5.59. The Labute approximate surface area is 196 Å². The van der Waals surface area contributed by atoms with Crippen molar-refractivity contribution in [1.82, 2.24) is 15.3 Å². The van der Waals surface area contributed by atoms with Crippen LogP contribution in [-0.2, 0) is 17.6 Å². The molecule has 3 aromatic rings. The summed E-state index contributed by atoms with van der Waals surface area (Å²) in [5.74, 6) is -0.445. The molecular weight excluding hydrogens is 439 g/mol. The number of pyridine rings is 2. The average molecular weight is 464 g/mol. The van der Waals surface area contributed by atoms with Crippen molar-refractivity contribution in [3.8, 4) is 5.75 Å². The van der Waals surface area contributed by atoms with Gasteiger partial charge in [-0.15, -0.1) is 0 Å². The van der Waals surface area contributed by atoms with Crippen molar-refractivity contribution in [3.05, 3.63) is 82.6 Å². The Morgan fingerprint density at radius 1 is 1.21 bits per heavy atom. The second-order valence-electron chi connectivity index (χ2n) is 7.78. The van der Waals surface area contributed by atoms with Gasteiger partial charge in [0.1, 0.15) is 18.1 Å². The smallest absolute Gasteiger partial charge is 0.269 e. The van der Waals surface area contributed by atoms with E-state index in [1.54, 1.807) is 32.5 Å². The summed E-state index contributed by atoms with van der Waals surface area (Å²) in [7, 11) is 3.15. The third kappa shape index (κ3) is 4.89. The number of amides is 2. The first-order valence-corrected chi connectivity index (χ1v) is 10.9. The first-order valence-electron chi connectivity index (χ1n) is 10.9. The highest BCUT2D eigenvalue weighted by Crippen LogP contribution is 2.32. The molecule has 9 heteroatoms. The molecule has 4 rings (SSSR count). The van der Waals surface area contributed by atoms with Gasteiger partial charge in [0.05, 0.1) is 6.61 Å². The second kappa shape index (κ2) is 10.4. The Bertz CT molecular complexity index is 1200. The molecule has 1 aliphatic rings. The number of carbonyl (C=O) groups is 2. The molecule has 2 amide bonds. The Hall–Kier alpha value is -3.85. The molecule has 0 saturated carbocycles. The lowest BCUT2D eigenvalue weighted by Gasteiger charge is -2.29. The van der Waals surface area contributed by atoms with Crippen molar-refractivity contribution < 1.29 is 23.5 Å². The monoisotopic (exact) mass is 464 g/mol. The molecular formula is C25H25FN4O4. The van der Waals surface area contributed by atoms with Gasteiger partial charge >= 0.3 is 0 Å². The zero-order valence-corrected chi connectivity index (χ0v) is 19.0. The first kappa shape index (κ1) is 23.3. The van der Waals surface area contributed by atoms with Crippen molar-refractivity contribution in [1.29, 1.82) is 0 Å². The van der Waals surface area contributed by atoms with Crippen LogP contribution in [-0.4, -0.2) is 55.7 Å². The van der Waals surface area contributed by atoms with E-state index in [1.807, 2.05) is 12.1 Å². The average Bonchev–Trinajstić information content (AvgIpc) is 2.85. The minimum absolute atomic E-state index is 0.0223. The van der Waals surface area contributed by atoms with Crippen molar-refractivity contribution in [2.24, 2.45) is 0 Å². The number of fused-ring (bicyclic) bond motifs is 1. The molecule has 176 valence electrons. The Balaban J connectivity index is 1.67. The van der Waals surface area contributed by atoms with Crippen LogP contribution in [0.5, 0.6) is 5.75 Å². The van der Waals surface area contributed by atoms with Crippen molar-refractivity contribution in [3.63, 3.8) is 0 Å². The van der Waals surface area contributed by atoms with E-state index in [-0.39, 0.29) is 17.6 Å². The van der Waals surface area contributed by atoms with E-state index in [2.05, 4.69) is 15.3 Å². The maximum absolute atomic E-state index is 14.3. The molecule has 1 aromatic carbocycles. The van der Waals surface area contributed by atoms with Crippen LogP contribution in [0.25, 0.3) is 0 Å². The highest BCUT2D eigenvalue weighted by atomic mass is 19.1. The molecule has 0 fully saturated rings. The molecule has 0 spiro atoms. The molecule has 0 aliphatic carbocycles. The normalized spacial score (nSPS) is 12.9. The number of carbonyl (C=O) groups excluding carboxylic acids is 2. The van der Waals surface area contributed by atoms with E-state index in [0.717, 1.165) is 16.7 Å². The summed E-state index contributed by atoms with van der Waals surface area (Å²) in [5, 5.41) is 2.54. The quantitative estimate of drug-likeness (QED) is 0.516. The van der Waals surface area contributed by atoms with E-state index < -0.39 is 5.82 Å². The van der Waals surface area contributed by atoms with Crippen LogP contribution >= 0.6 is 0 Å². The van der Waals surface area contributed by atoms with Gasteiger partial charge in [-0.25, -0.2) is 9.37 Å². The van der Waals surface area contributed by atoms with Gasteiger partial charge in [-0.05, 0) is 53.4 Å². The lowest BCUT2D eigenvalue weighted by molar-refractivity contribution is 0.0955. The number of rotatable bonds is 8. The summed E-state index contributed by atoms with van der Waals surface area (Å²) in [6.45, 7) is 1.10. The number of hydrogen-bond acceptors (Lipinski definition) is 6. The first-order chi connectivity index (χ1) is 16.5. The molecule has 8 nitrogen and oxygen atoms in total. The number of nitrogens with one attached hydrogen (secondary N) is 1. The van der Waals surface area contributed by atoms with Crippen molar-refractivity contribution >= 4 is 17.6 Å². The van der Waals surface area contributed by atoms with Crippen molar-refractivity contribution in [2.45, 2.75) is 12.8 Å². The molecule has 2 aromatic heterocycles. The van der Waals surface area contributed by atoms with E-state index >= 15 is 0 Å². The summed E-state index contributed by atoms with van der Waals surface area (Å²) >= 11 is 0. The van der Waals surface area contributed by atoms with Gasteiger partial charge < -0.3 is 14.8 Å². The van der Waals surface area contributed by atoms with E-state index in [4.69, 9.17) is 9.47 Å². The fraction of sp³-hybridized carbons (Fsp3) is 0.280. The van der Waals surface area contributed by atoms with Gasteiger partial charge in [0.15, 0.2) is 11.6 Å². The van der Waals surface area contributed by atoms with E-state index in [0.29, 0.717) is 49.6 Å². The summed E-state index contributed by atoms with van der Waals surface area (Å²) < 4.78 is 25.4. The molecule has 34 heavy (non-hydrogen) atoms. The molecule has 3 heterocycles. The molecule has 0 atom stereocenters. The number of ether oxygens (including phenoxy) is 2. The Morgan fingerprint density at radius 3 is 2.76 bits per heavy atom. The van der Waals surface area contributed by atoms with Crippen LogP contribution in [0.3, 0.4) is 0 Å². The van der Waals surface area contributed by atoms with Crippen LogP contribution < -0.4 is 15.0 Å². The predicted octanol–water partition coefficient (Wildman–Crippen LogP) is 2.79. The maximum atomic E-state index is 14.3. The predicted molar refractivity (Wildman–Crippen MR) is 124 cm³/mol. The third-order valence-electron chi connectivity index (χ3n) is 5.59. The second-order valence-corrected chi connectivity index (χ2v) is 7.78. The van der Waals surface area contributed by atoms with E-state index in [1.165, 1.54) is 23.2 Å². The number of aromatic nitrogens is 2. The summed E-state index contributed by atoms with van der Waals surface area (Å²) in [5.41, 5.74) is 3.26. The molecule has 0 bridgehead atoms. The highest BCUT2D eigenvalue weighted by Gasteiger charge is 2.29. The van der Waals surface area contributed by atoms with Gasteiger partial charge in [-0.3, -0.25) is 19.5 Å². The van der Waals surface area contributed by atoms with Gasteiger partial charge in [0.2, 0.25) is 0 Å². The molecule has 1 aliphatic heterocycles. The van der Waals surface area contributed by atoms with Gasteiger partial charge in [-0.2, -0.15) is 0 Å². The number of anilines is 1. The lowest BCUT2D eigenvalue weighted by Crippen LogP contribution is -2.39. The molecule has 0 saturated heterocycles. The maximum Gasteiger partial charge on any atom is 0.269 e. The fourth-order valence-electron chi connectivity index (χ4n) is 3.85. The van der Waals surface area contributed by atoms with Crippen LogP contribution in [0.1, 0.15) is 37.5 Å². The molecule has 0 unspecified atom stereocenters. The number of halogens is 1. The minimum Gasteiger partial charge on any atom is -0.491 e. The van der Waals surface area contributed by atoms with Crippen LogP contribution in [0, 0.1) is 5.82 Å². The summed E-state index contributed by atoms with van der Waals surface area (Å²) in [4.78, 5) is 34.7. The van der Waals surface area contributed by atoms with Crippen molar-refractivity contribution in [2.75, 3.05) is 38.8 Å². The number of methoxy groups -OCH3 is 1. The van der Waals surface area contributed by atoms with E-state index in [9.17, 15) is 14.0 Å². The van der Waals surface area contributed by atoms with Gasteiger partial charge in [0.25, 0.3) is 11.8 Å². The number of nitrogens with zero attached hydrogens (tertiary/aromatic N) is 3. The Morgan fingerprint density at radius 2 is 2.06 bits per heavy atom. The number of benzene rings is 1. The minimum atomic E-state index is -0.540. The topological polar surface area (TPSA) is 93.7 Å². The highest BCUT2D eigenvalue weighted by molar-refractivity contribution is 6.08. The molecule has 1 N–H and O–H groups in total. The van der Waals surface area contributed by atoms with Gasteiger partial charge in [0, 0.05) is 45.1 Å². The zero-order chi connectivity index (χ0) is 24.1. The zero-order valence-electron chi connectivity index (χ0n) is 19.0. The SMILES string of the molecule is CNC(=O)c1ccc(Cc2cc3c(cc2OCCOC)CCN(c2ncccc2F)C3=O)cn1. The van der Waals surface area contributed by atoms with Crippen LogP contribution in [0.4, 0.5) is 10.2 Å². The Kier molecular flexibility index (Phi) is 7.12. The van der Waals surface area contributed by atoms with Crippen LogP contribution in [0.2, 0.25) is 0 Å². The van der Waals surface area contributed by atoms with Gasteiger partial charge in [-0.1, -0.05) is 6.07 Å². The number of hydrogen-bond donors (Lipinski definition) is 1.